The number of aliphatic hydroxyl groups is 2. The number of carbonyl (C=O) groups is 1. The molecule has 0 aromatic heterocycles. The minimum Gasteiger partial charge on any atom is -0.457 e. The third kappa shape index (κ3) is 49.7. The van der Waals surface area contributed by atoms with Crippen LogP contribution >= 0.6 is 7.82 Å². The zero-order chi connectivity index (χ0) is 46.0. The van der Waals surface area contributed by atoms with Gasteiger partial charge in [0.05, 0.1) is 26.4 Å². The summed E-state index contributed by atoms with van der Waals surface area (Å²) in [6, 6.07) is 0. The van der Waals surface area contributed by atoms with Gasteiger partial charge < -0.3 is 24.6 Å². The van der Waals surface area contributed by atoms with Gasteiger partial charge in [0.25, 0.3) is 0 Å². The monoisotopic (exact) mass is 911 g/mol. The van der Waals surface area contributed by atoms with Crippen molar-refractivity contribution < 1.29 is 43.0 Å². The van der Waals surface area contributed by atoms with Crippen molar-refractivity contribution in [3.05, 3.63) is 48.6 Å². The summed E-state index contributed by atoms with van der Waals surface area (Å²) in [5.41, 5.74) is 0. The fourth-order valence-electron chi connectivity index (χ4n) is 7.35. The molecule has 0 heterocycles. The number of phosphoric ester groups is 1. The van der Waals surface area contributed by atoms with Crippen LogP contribution in [0, 0.1) is 0 Å². The second-order valence-electron chi connectivity index (χ2n) is 17.5. The van der Waals surface area contributed by atoms with Crippen molar-refractivity contribution in [2.24, 2.45) is 0 Å². The molecule has 3 unspecified atom stereocenters. The molecule has 10 heteroatoms. The molecule has 0 saturated heterocycles. The molecular formula is C53H99O9P. The molecule has 0 aliphatic rings. The predicted molar refractivity (Wildman–Crippen MR) is 265 cm³/mol. The van der Waals surface area contributed by atoms with E-state index in [-0.39, 0.29) is 25.6 Å². The predicted octanol–water partition coefficient (Wildman–Crippen LogP) is 15.3. The Morgan fingerprint density at radius 1 is 0.508 bits per heavy atom. The molecule has 0 aromatic carbocycles. The lowest BCUT2D eigenvalue weighted by molar-refractivity contribution is -0.154. The summed E-state index contributed by atoms with van der Waals surface area (Å²) >= 11 is 0. The largest absolute Gasteiger partial charge is 0.472 e. The first-order chi connectivity index (χ1) is 30.8. The number of hydrogen-bond donors (Lipinski definition) is 3. The van der Waals surface area contributed by atoms with Gasteiger partial charge in [-0.3, -0.25) is 13.8 Å². The van der Waals surface area contributed by atoms with Gasteiger partial charge in [-0.25, -0.2) is 4.57 Å². The zero-order valence-corrected chi connectivity index (χ0v) is 41.7. The summed E-state index contributed by atoms with van der Waals surface area (Å²) in [5, 5.41) is 18.4. The molecule has 0 rings (SSSR count). The normalized spacial score (nSPS) is 14.2. The smallest absolute Gasteiger partial charge is 0.457 e. The zero-order valence-electron chi connectivity index (χ0n) is 40.8. The van der Waals surface area contributed by atoms with Crippen molar-refractivity contribution in [2.75, 3.05) is 33.0 Å². The fraction of sp³-hybridized carbons (Fsp3) is 0.830. The van der Waals surface area contributed by atoms with Crippen molar-refractivity contribution in [2.45, 2.75) is 251 Å². The van der Waals surface area contributed by atoms with E-state index in [4.69, 9.17) is 23.6 Å². The lowest BCUT2D eigenvalue weighted by Crippen LogP contribution is -2.29. The van der Waals surface area contributed by atoms with E-state index >= 15 is 0 Å². The highest BCUT2D eigenvalue weighted by Crippen LogP contribution is 2.43. The number of phosphoric acid groups is 1. The first-order valence-electron chi connectivity index (χ1n) is 26.1. The lowest BCUT2D eigenvalue weighted by Gasteiger charge is -2.20. The molecule has 3 N–H and O–H groups in total. The quantitative estimate of drug-likeness (QED) is 0.0236. The van der Waals surface area contributed by atoms with E-state index < -0.39 is 33.2 Å². The Labute approximate surface area is 388 Å². The van der Waals surface area contributed by atoms with Gasteiger partial charge in [-0.15, -0.1) is 0 Å². The van der Waals surface area contributed by atoms with Crippen LogP contribution in [0.1, 0.15) is 239 Å². The van der Waals surface area contributed by atoms with E-state index in [2.05, 4.69) is 62.5 Å². The molecular weight excluding hydrogens is 812 g/mol. The van der Waals surface area contributed by atoms with Crippen LogP contribution < -0.4 is 0 Å². The summed E-state index contributed by atoms with van der Waals surface area (Å²) in [7, 11) is -4.52. The lowest BCUT2D eigenvalue weighted by atomic mass is 10.0. The molecule has 0 bridgehead atoms. The van der Waals surface area contributed by atoms with Crippen LogP contribution in [-0.2, 0) is 27.9 Å². The topological polar surface area (TPSA) is 132 Å². The maximum atomic E-state index is 12.7. The number of hydrogen-bond acceptors (Lipinski definition) is 8. The first kappa shape index (κ1) is 61.4. The molecule has 0 saturated carbocycles. The Hall–Kier alpha value is -1.58. The summed E-state index contributed by atoms with van der Waals surface area (Å²) in [5.74, 6) is -0.384. The highest BCUT2D eigenvalue weighted by molar-refractivity contribution is 7.47. The molecule has 0 aliphatic carbocycles. The number of unbranched alkanes of at least 4 members (excludes halogenated alkanes) is 28. The molecule has 0 aliphatic heterocycles. The van der Waals surface area contributed by atoms with Gasteiger partial charge in [0.2, 0.25) is 0 Å². The molecule has 370 valence electrons. The molecule has 0 amide bonds. The van der Waals surface area contributed by atoms with E-state index in [1.165, 1.54) is 148 Å². The van der Waals surface area contributed by atoms with Crippen LogP contribution in [0.5, 0.6) is 0 Å². The Balaban J connectivity index is 4.05. The van der Waals surface area contributed by atoms with Crippen molar-refractivity contribution in [1.82, 2.24) is 0 Å². The SMILES string of the molecule is CC/C=C\C/C=C\C/C=C\C/C=C\CCCCCCCCCCCCC(=O)OC(COCCCCCCCCCCCCCCCCCCCCC)COP(=O)(O)OCC(O)CO. The highest BCUT2D eigenvalue weighted by atomic mass is 31.2. The number of esters is 1. The molecule has 0 aromatic rings. The Bertz CT molecular complexity index is 1120. The highest BCUT2D eigenvalue weighted by Gasteiger charge is 2.26. The Kier molecular flexibility index (Phi) is 48.6. The van der Waals surface area contributed by atoms with E-state index in [1.807, 2.05) is 0 Å². The summed E-state index contributed by atoms with van der Waals surface area (Å²) in [6.45, 7) is 3.45. The second kappa shape index (κ2) is 49.8. The molecule has 0 fully saturated rings. The van der Waals surface area contributed by atoms with Gasteiger partial charge in [-0.1, -0.05) is 229 Å². The number of ether oxygens (including phenoxy) is 2. The van der Waals surface area contributed by atoms with Gasteiger partial charge in [0.15, 0.2) is 0 Å². The Morgan fingerprint density at radius 2 is 0.905 bits per heavy atom. The molecule has 9 nitrogen and oxygen atoms in total. The van der Waals surface area contributed by atoms with Crippen LogP contribution in [0.15, 0.2) is 48.6 Å². The van der Waals surface area contributed by atoms with Crippen molar-refractivity contribution in [1.29, 1.82) is 0 Å². The molecule has 63 heavy (non-hydrogen) atoms. The first-order valence-corrected chi connectivity index (χ1v) is 27.6. The average molecular weight is 911 g/mol. The van der Waals surface area contributed by atoms with Gasteiger partial charge in [-0.2, -0.15) is 0 Å². The minimum atomic E-state index is -4.52. The van der Waals surface area contributed by atoms with Crippen molar-refractivity contribution in [3.8, 4) is 0 Å². The molecule has 0 radical (unpaired) electrons. The molecule has 0 spiro atoms. The fourth-order valence-corrected chi connectivity index (χ4v) is 8.14. The van der Waals surface area contributed by atoms with Crippen LogP contribution in [0.3, 0.4) is 0 Å². The standard InChI is InChI=1S/C53H99O9P/c1-3-5-7-9-11-13-15-17-19-21-23-24-25-26-27-29-31-33-35-37-39-41-43-45-53(56)62-52(50-61-63(57,58)60-48-51(55)47-54)49-59-46-44-42-40-38-36-34-32-30-28-22-20-18-16-14-12-10-8-6-4-2/h5,7,11,13,17,19,23-24,51-52,54-55H,3-4,6,8-10,12,14-16,18,20-22,25-50H2,1-2H3,(H,57,58)/b7-5-,13-11-,19-17-,24-23-. The van der Waals surface area contributed by atoms with Gasteiger partial charge in [0.1, 0.15) is 12.2 Å². The maximum Gasteiger partial charge on any atom is 0.472 e. The van der Waals surface area contributed by atoms with Crippen LogP contribution in [0.25, 0.3) is 0 Å². The summed E-state index contributed by atoms with van der Waals surface area (Å²) < 4.78 is 33.6. The van der Waals surface area contributed by atoms with E-state index in [9.17, 15) is 19.4 Å². The third-order valence-electron chi connectivity index (χ3n) is 11.3. The van der Waals surface area contributed by atoms with Crippen molar-refractivity contribution in [3.63, 3.8) is 0 Å². The summed E-state index contributed by atoms with van der Waals surface area (Å²) in [6.07, 6.45) is 57.9. The van der Waals surface area contributed by atoms with Gasteiger partial charge >= 0.3 is 13.8 Å². The van der Waals surface area contributed by atoms with E-state index in [0.29, 0.717) is 6.61 Å². The summed E-state index contributed by atoms with van der Waals surface area (Å²) in [4.78, 5) is 22.7. The van der Waals surface area contributed by atoms with Gasteiger partial charge in [0, 0.05) is 13.0 Å². The molecule has 3 atom stereocenters. The maximum absolute atomic E-state index is 12.7. The number of allylic oxidation sites excluding steroid dienone is 8. The van der Waals surface area contributed by atoms with Crippen LogP contribution in [0.4, 0.5) is 0 Å². The van der Waals surface area contributed by atoms with Crippen LogP contribution in [0.2, 0.25) is 0 Å². The van der Waals surface area contributed by atoms with E-state index in [0.717, 1.165) is 70.6 Å². The van der Waals surface area contributed by atoms with E-state index in [1.54, 1.807) is 0 Å². The van der Waals surface area contributed by atoms with Crippen molar-refractivity contribution >= 4 is 13.8 Å². The number of aliphatic hydroxyl groups excluding tert-OH is 2. The average Bonchev–Trinajstić information content (AvgIpc) is 3.28. The number of rotatable bonds is 50. The second-order valence-corrected chi connectivity index (χ2v) is 19.0. The number of carbonyl (C=O) groups excluding carboxylic acids is 1. The minimum absolute atomic E-state index is 0.0501. The van der Waals surface area contributed by atoms with Crippen LogP contribution in [-0.4, -0.2) is 66.3 Å². The van der Waals surface area contributed by atoms with Gasteiger partial charge in [-0.05, 0) is 51.4 Å². The Morgan fingerprint density at radius 3 is 1.37 bits per heavy atom. The third-order valence-corrected chi connectivity index (χ3v) is 12.2.